The molecular weight excluding hydrogens is 769 g/mol. The van der Waals surface area contributed by atoms with Gasteiger partial charge < -0.3 is 0 Å². The summed E-state index contributed by atoms with van der Waals surface area (Å²) in [5, 5.41) is 0. The molecule has 6 aromatic carbocycles. The van der Waals surface area contributed by atoms with Crippen LogP contribution < -0.4 is 26.1 Å². The number of benzene rings is 6. The molecule has 8 rings (SSSR count). The third kappa shape index (κ3) is 9.30. The molecule has 46 heavy (non-hydrogen) atoms. The Labute approximate surface area is 297 Å². The fourth-order valence-electron chi connectivity index (χ4n) is 5.68. The molecule has 6 aromatic rings. The second-order valence-corrected chi connectivity index (χ2v) is 20.3. The van der Waals surface area contributed by atoms with Gasteiger partial charge in [-0.2, -0.15) is 0 Å². The van der Waals surface area contributed by atoms with Crippen LogP contribution in [0.25, 0.3) is 0 Å². The zero-order valence-electron chi connectivity index (χ0n) is 25.7. The van der Waals surface area contributed by atoms with Crippen LogP contribution in [-0.4, -0.2) is 29.3 Å². The summed E-state index contributed by atoms with van der Waals surface area (Å²) in [6.07, 6.45) is 10.5. The number of rotatable bonds is 6. The van der Waals surface area contributed by atoms with E-state index in [0.717, 1.165) is 11.8 Å². The predicted octanol–water partition coefficient (Wildman–Crippen LogP) is 6.15. The van der Waals surface area contributed by atoms with Crippen molar-refractivity contribution in [3.8, 4) is 0 Å². The first kappa shape index (κ1) is 33.9. The summed E-state index contributed by atoms with van der Waals surface area (Å²) in [7, 11) is 0. The number of allylic oxidation sites excluding steroid dienone is 4. The molecule has 0 fully saturated rings. The molecule has 0 saturated heterocycles. The van der Waals surface area contributed by atoms with E-state index in [2.05, 4.69) is 206 Å². The van der Waals surface area contributed by atoms with Gasteiger partial charge >= 0.3 is 237 Å². The van der Waals surface area contributed by atoms with Crippen LogP contribution in [0.1, 0.15) is 6.42 Å². The third-order valence-corrected chi connectivity index (χ3v) is 18.1. The van der Waals surface area contributed by atoms with Gasteiger partial charge in [-0.15, -0.1) is 0 Å². The summed E-state index contributed by atoms with van der Waals surface area (Å²) in [4.78, 5) is 0. The van der Waals surface area contributed by atoms with Crippen LogP contribution in [0.4, 0.5) is 0 Å². The summed E-state index contributed by atoms with van der Waals surface area (Å²) in [5.41, 5.74) is 0. The molecule has 0 nitrogen and oxygen atoms in total. The molecule has 0 unspecified atom stereocenters. The zero-order valence-corrected chi connectivity index (χ0v) is 31.1. The van der Waals surface area contributed by atoms with Crippen molar-refractivity contribution < 1.29 is 19.5 Å². The second-order valence-electron chi connectivity index (χ2n) is 11.0. The third-order valence-electron chi connectivity index (χ3n) is 7.84. The molecule has 0 saturated carbocycles. The maximum absolute atomic E-state index is 2.30. The average molecular weight is 808 g/mol. The van der Waals surface area contributed by atoms with Crippen molar-refractivity contribution in [2.45, 2.75) is 6.42 Å². The van der Waals surface area contributed by atoms with Crippen LogP contribution in [-0.2, 0) is 19.5 Å². The molecule has 0 aliphatic heterocycles. The van der Waals surface area contributed by atoms with E-state index in [1.165, 1.54) is 32.5 Å². The maximum atomic E-state index is 2.30. The number of hydrogen-bond donors (Lipinski definition) is 0. The van der Waals surface area contributed by atoms with Gasteiger partial charge in [0.25, 0.3) is 0 Å². The summed E-state index contributed by atoms with van der Waals surface area (Å²) in [6, 6.07) is 65.4. The van der Waals surface area contributed by atoms with Gasteiger partial charge in [0.2, 0.25) is 0 Å². The van der Waals surface area contributed by atoms with Crippen molar-refractivity contribution in [1.29, 1.82) is 0 Å². The van der Waals surface area contributed by atoms with Crippen molar-refractivity contribution in [1.82, 2.24) is 0 Å². The van der Waals surface area contributed by atoms with Crippen LogP contribution in [0, 0.1) is 11.8 Å². The van der Waals surface area contributed by atoms with E-state index >= 15 is 0 Å². The summed E-state index contributed by atoms with van der Waals surface area (Å²) < 4.78 is 8.87. The summed E-state index contributed by atoms with van der Waals surface area (Å²) >= 11 is -2.78. The molecule has 229 valence electrons. The zero-order chi connectivity index (χ0) is 30.5. The molecule has 0 heterocycles. The molecule has 0 amide bonds. The minimum absolute atomic E-state index is 0. The molecule has 3 heteroatoms. The first-order valence-corrected chi connectivity index (χ1v) is 21.3. The Hall–Kier alpha value is -3.46. The van der Waals surface area contributed by atoms with Crippen molar-refractivity contribution >= 4 is 55.4 Å². The first-order valence-electron chi connectivity index (χ1n) is 15.6. The Morgan fingerprint density at radius 3 is 0.587 bits per heavy atom. The van der Waals surface area contributed by atoms with Gasteiger partial charge in [0.05, 0.1) is 0 Å². The fourth-order valence-corrected chi connectivity index (χ4v) is 15.4. The van der Waals surface area contributed by atoms with Crippen molar-refractivity contribution in [3.63, 3.8) is 0 Å². The topological polar surface area (TPSA) is 0 Å². The van der Waals surface area contributed by atoms with E-state index in [0.29, 0.717) is 0 Å². The average Bonchev–Trinajstić information content (AvgIpc) is 3.79. The Morgan fingerprint density at radius 1 is 0.283 bits per heavy atom. The predicted molar refractivity (Wildman–Crippen MR) is 198 cm³/mol. The van der Waals surface area contributed by atoms with Crippen LogP contribution in [0.5, 0.6) is 0 Å². The van der Waals surface area contributed by atoms with E-state index in [1.54, 1.807) is 0 Å². The van der Waals surface area contributed by atoms with E-state index < -0.39 is 29.3 Å². The first-order chi connectivity index (χ1) is 22.3. The summed E-state index contributed by atoms with van der Waals surface area (Å²) in [6.45, 7) is 0. The monoisotopic (exact) mass is 807 g/mol. The second kappa shape index (κ2) is 18.0. The van der Waals surface area contributed by atoms with Gasteiger partial charge in [0.1, 0.15) is 0 Å². The van der Waals surface area contributed by atoms with Crippen molar-refractivity contribution in [2.24, 2.45) is 11.8 Å². The Balaban J connectivity index is 0.000000147. The van der Waals surface area contributed by atoms with Gasteiger partial charge in [-0.05, 0) is 18.3 Å². The van der Waals surface area contributed by atoms with Gasteiger partial charge in [0.15, 0.2) is 0 Å². The van der Waals surface area contributed by atoms with Crippen molar-refractivity contribution in [3.05, 3.63) is 206 Å². The van der Waals surface area contributed by atoms with E-state index in [4.69, 9.17) is 0 Å². The van der Waals surface area contributed by atoms with Gasteiger partial charge in [-0.3, -0.25) is 0 Å². The quantitative estimate of drug-likeness (QED) is 0.140. The molecule has 2 aliphatic carbocycles. The molecule has 0 aromatic heterocycles. The molecule has 0 N–H and O–H groups in total. The fraction of sp³-hybridized carbons (Fsp3) is 0.0698. The van der Waals surface area contributed by atoms with Gasteiger partial charge in [-0.1, -0.05) is 24.3 Å². The molecule has 0 spiro atoms. The van der Waals surface area contributed by atoms with Crippen LogP contribution in [0.15, 0.2) is 206 Å². The Kier molecular flexibility index (Phi) is 13.3. The van der Waals surface area contributed by atoms with Gasteiger partial charge in [-0.25, -0.2) is 0 Å². The molecule has 1 radical (unpaired) electrons. The normalized spacial score (nSPS) is 15.3. The molecule has 0 atom stereocenters. The van der Waals surface area contributed by atoms with E-state index in [9.17, 15) is 0 Å². The van der Waals surface area contributed by atoms with Crippen LogP contribution in [0.2, 0.25) is 0 Å². The van der Waals surface area contributed by atoms with E-state index in [1.807, 2.05) is 0 Å². The van der Waals surface area contributed by atoms with E-state index in [-0.39, 0.29) is 19.5 Å². The standard InChI is InChI=1S/2C18H15As.C7H8.Rh/c2*1-4-10-16(11-5-1)19(17-12-6-2-7-13-17)18-14-8-3-9-15-18;1-2-7-4-3-6(1)5-7;/h2*1-15H;1-4,6-7H,5H2;. The SMILES string of the molecule is C1=CC2C=CC1C2.[Rh].c1ccc([As](c2ccccc2)c2ccccc2)cc1.c1ccc([As](c2ccccc2)c2ccccc2)cc1. The minimum atomic E-state index is -1.39. The number of hydrogen-bond acceptors (Lipinski definition) is 0. The molecular formula is C43H38As2Rh. The van der Waals surface area contributed by atoms with Crippen LogP contribution in [0.3, 0.4) is 0 Å². The Bertz CT molecular complexity index is 1420. The Morgan fingerprint density at radius 2 is 0.457 bits per heavy atom. The van der Waals surface area contributed by atoms with Crippen LogP contribution >= 0.6 is 0 Å². The molecule has 2 bridgehead atoms. The number of fused-ring (bicyclic) bond motifs is 2. The molecule has 2 aliphatic rings. The van der Waals surface area contributed by atoms with Crippen molar-refractivity contribution in [2.75, 3.05) is 0 Å². The van der Waals surface area contributed by atoms with Gasteiger partial charge in [0, 0.05) is 19.5 Å². The summed E-state index contributed by atoms with van der Waals surface area (Å²) in [5.74, 6) is 1.62.